The first-order valence-corrected chi connectivity index (χ1v) is 7.46. The van der Waals surface area contributed by atoms with E-state index in [1.807, 2.05) is 0 Å². The van der Waals surface area contributed by atoms with Crippen molar-refractivity contribution in [3.63, 3.8) is 0 Å². The molecule has 0 heterocycles. The lowest BCUT2D eigenvalue weighted by Crippen LogP contribution is -2.36. The van der Waals surface area contributed by atoms with E-state index in [9.17, 15) is 0 Å². The van der Waals surface area contributed by atoms with Crippen LogP contribution < -0.4 is 5.32 Å². The largest absolute Gasteiger partial charge is 0.314 e. The van der Waals surface area contributed by atoms with E-state index in [2.05, 4.69) is 26.1 Å². The third-order valence-corrected chi connectivity index (χ3v) is 4.18. The van der Waals surface area contributed by atoms with E-state index in [1.165, 1.54) is 57.8 Å². The Bertz CT molecular complexity index is 172. The predicted octanol–water partition coefficient (Wildman–Crippen LogP) is 4.52. The SMILES string of the molecule is CCCCCCCCC(NCC)C1(C)CC1. The topological polar surface area (TPSA) is 12.0 Å². The third kappa shape index (κ3) is 4.86. The Kier molecular flexibility index (Phi) is 6.41. The van der Waals surface area contributed by atoms with E-state index in [0.717, 1.165) is 12.6 Å². The summed E-state index contributed by atoms with van der Waals surface area (Å²) >= 11 is 0. The first-order valence-electron chi connectivity index (χ1n) is 7.46. The fourth-order valence-corrected chi connectivity index (χ4v) is 2.62. The van der Waals surface area contributed by atoms with E-state index in [0.29, 0.717) is 5.41 Å². The highest BCUT2D eigenvalue weighted by atomic mass is 14.9. The Morgan fingerprint density at radius 1 is 1.00 bits per heavy atom. The van der Waals surface area contributed by atoms with Gasteiger partial charge in [-0.15, -0.1) is 0 Å². The van der Waals surface area contributed by atoms with Gasteiger partial charge in [-0.05, 0) is 31.2 Å². The average molecular weight is 225 g/mol. The third-order valence-electron chi connectivity index (χ3n) is 4.18. The van der Waals surface area contributed by atoms with Gasteiger partial charge in [0, 0.05) is 6.04 Å². The lowest BCUT2D eigenvalue weighted by atomic mass is 9.93. The first kappa shape index (κ1) is 14.0. The quantitative estimate of drug-likeness (QED) is 0.539. The zero-order valence-corrected chi connectivity index (χ0v) is 11.6. The summed E-state index contributed by atoms with van der Waals surface area (Å²) < 4.78 is 0. The molecule has 0 radical (unpaired) electrons. The normalized spacial score (nSPS) is 19.7. The van der Waals surface area contributed by atoms with Crippen LogP contribution in [0.1, 0.15) is 78.6 Å². The molecule has 1 aliphatic carbocycles. The van der Waals surface area contributed by atoms with Crippen molar-refractivity contribution in [1.29, 1.82) is 0 Å². The second-order valence-electron chi connectivity index (χ2n) is 5.82. The summed E-state index contributed by atoms with van der Waals surface area (Å²) in [5.74, 6) is 0. The summed E-state index contributed by atoms with van der Waals surface area (Å²) in [5, 5.41) is 3.69. The van der Waals surface area contributed by atoms with Gasteiger partial charge >= 0.3 is 0 Å². The van der Waals surface area contributed by atoms with Crippen LogP contribution in [0.5, 0.6) is 0 Å². The zero-order valence-electron chi connectivity index (χ0n) is 11.6. The van der Waals surface area contributed by atoms with Crippen LogP contribution in [0.3, 0.4) is 0 Å². The van der Waals surface area contributed by atoms with Crippen molar-refractivity contribution in [1.82, 2.24) is 5.32 Å². The zero-order chi connectivity index (χ0) is 11.9. The molecule has 1 rings (SSSR count). The van der Waals surface area contributed by atoms with Gasteiger partial charge in [0.25, 0.3) is 0 Å². The van der Waals surface area contributed by atoms with Crippen molar-refractivity contribution in [3.8, 4) is 0 Å². The van der Waals surface area contributed by atoms with E-state index in [4.69, 9.17) is 0 Å². The molecule has 1 nitrogen and oxygen atoms in total. The Hall–Kier alpha value is -0.0400. The molecule has 0 bridgehead atoms. The molecular weight excluding hydrogens is 194 g/mol. The maximum atomic E-state index is 3.69. The van der Waals surface area contributed by atoms with Gasteiger partial charge in [0.15, 0.2) is 0 Å². The van der Waals surface area contributed by atoms with Crippen molar-refractivity contribution in [2.45, 2.75) is 84.6 Å². The molecule has 0 aromatic heterocycles. The first-order chi connectivity index (χ1) is 7.73. The van der Waals surface area contributed by atoms with Gasteiger partial charge in [-0.1, -0.05) is 59.3 Å². The molecule has 1 unspecified atom stereocenters. The lowest BCUT2D eigenvalue weighted by molar-refractivity contribution is 0.332. The summed E-state index contributed by atoms with van der Waals surface area (Å²) in [7, 11) is 0. The van der Waals surface area contributed by atoms with Gasteiger partial charge in [-0.2, -0.15) is 0 Å². The summed E-state index contributed by atoms with van der Waals surface area (Å²) in [6.07, 6.45) is 12.8. The molecule has 1 atom stereocenters. The highest BCUT2D eigenvalue weighted by Gasteiger charge is 2.43. The van der Waals surface area contributed by atoms with Crippen LogP contribution in [0.2, 0.25) is 0 Å². The monoisotopic (exact) mass is 225 g/mol. The summed E-state index contributed by atoms with van der Waals surface area (Å²) in [5.41, 5.74) is 0.652. The minimum atomic E-state index is 0.652. The highest BCUT2D eigenvalue weighted by Crippen LogP contribution is 2.49. The van der Waals surface area contributed by atoms with E-state index < -0.39 is 0 Å². The molecular formula is C15H31N. The molecule has 16 heavy (non-hydrogen) atoms. The fourth-order valence-electron chi connectivity index (χ4n) is 2.62. The standard InChI is InChI=1S/C15H31N/c1-4-6-7-8-9-10-11-14(16-5-2)15(3)12-13-15/h14,16H,4-13H2,1-3H3. The molecule has 96 valence electrons. The smallest absolute Gasteiger partial charge is 0.0121 e. The Labute approximate surface area is 102 Å². The Morgan fingerprint density at radius 3 is 2.19 bits per heavy atom. The van der Waals surface area contributed by atoms with Crippen LogP contribution in [-0.4, -0.2) is 12.6 Å². The second-order valence-corrected chi connectivity index (χ2v) is 5.82. The molecule has 1 aliphatic rings. The van der Waals surface area contributed by atoms with Crippen LogP contribution in [-0.2, 0) is 0 Å². The van der Waals surface area contributed by atoms with Crippen LogP contribution in [0.25, 0.3) is 0 Å². The molecule has 1 fully saturated rings. The van der Waals surface area contributed by atoms with Gasteiger partial charge in [0.1, 0.15) is 0 Å². The number of rotatable bonds is 10. The molecule has 1 N–H and O–H groups in total. The minimum Gasteiger partial charge on any atom is -0.314 e. The molecule has 0 aromatic rings. The number of nitrogens with one attached hydrogen (secondary N) is 1. The Morgan fingerprint density at radius 2 is 1.62 bits per heavy atom. The van der Waals surface area contributed by atoms with Crippen LogP contribution >= 0.6 is 0 Å². The maximum absolute atomic E-state index is 3.69. The molecule has 0 aromatic carbocycles. The van der Waals surface area contributed by atoms with Crippen molar-refractivity contribution in [2.24, 2.45) is 5.41 Å². The highest BCUT2D eigenvalue weighted by molar-refractivity contribution is 4.98. The average Bonchev–Trinajstić information content (AvgIpc) is 3.01. The minimum absolute atomic E-state index is 0.652. The number of hydrogen-bond acceptors (Lipinski definition) is 1. The maximum Gasteiger partial charge on any atom is 0.0121 e. The molecule has 0 saturated heterocycles. The molecule has 0 spiro atoms. The number of hydrogen-bond donors (Lipinski definition) is 1. The van der Waals surface area contributed by atoms with E-state index in [-0.39, 0.29) is 0 Å². The van der Waals surface area contributed by atoms with Gasteiger partial charge in [-0.25, -0.2) is 0 Å². The van der Waals surface area contributed by atoms with Gasteiger partial charge < -0.3 is 5.32 Å². The van der Waals surface area contributed by atoms with Crippen LogP contribution in [0.4, 0.5) is 0 Å². The van der Waals surface area contributed by atoms with Gasteiger partial charge in [0.05, 0.1) is 0 Å². The summed E-state index contributed by atoms with van der Waals surface area (Å²) in [6, 6.07) is 0.795. The van der Waals surface area contributed by atoms with Crippen LogP contribution in [0, 0.1) is 5.41 Å². The lowest BCUT2D eigenvalue weighted by Gasteiger charge is -2.24. The second kappa shape index (κ2) is 7.32. The Balaban J connectivity index is 2.04. The fraction of sp³-hybridized carbons (Fsp3) is 1.00. The van der Waals surface area contributed by atoms with Crippen LogP contribution in [0.15, 0.2) is 0 Å². The number of unbranched alkanes of at least 4 members (excludes halogenated alkanes) is 5. The van der Waals surface area contributed by atoms with Crippen molar-refractivity contribution in [3.05, 3.63) is 0 Å². The molecule has 0 aliphatic heterocycles. The van der Waals surface area contributed by atoms with Crippen molar-refractivity contribution >= 4 is 0 Å². The predicted molar refractivity (Wildman–Crippen MR) is 72.8 cm³/mol. The van der Waals surface area contributed by atoms with Crippen molar-refractivity contribution in [2.75, 3.05) is 6.54 Å². The van der Waals surface area contributed by atoms with E-state index >= 15 is 0 Å². The summed E-state index contributed by atoms with van der Waals surface area (Å²) in [6.45, 7) is 8.11. The molecule has 1 heteroatoms. The van der Waals surface area contributed by atoms with Gasteiger partial charge in [0.2, 0.25) is 0 Å². The van der Waals surface area contributed by atoms with Crippen molar-refractivity contribution < 1.29 is 0 Å². The molecule has 0 amide bonds. The van der Waals surface area contributed by atoms with E-state index in [1.54, 1.807) is 0 Å². The molecule has 1 saturated carbocycles. The van der Waals surface area contributed by atoms with Gasteiger partial charge in [-0.3, -0.25) is 0 Å². The summed E-state index contributed by atoms with van der Waals surface area (Å²) in [4.78, 5) is 0.